The summed E-state index contributed by atoms with van der Waals surface area (Å²) in [6, 6.07) is 13.5. The van der Waals surface area contributed by atoms with Gasteiger partial charge in [-0.25, -0.2) is 0 Å². The van der Waals surface area contributed by atoms with Crippen molar-refractivity contribution in [2.75, 3.05) is 11.9 Å². The molecule has 30 heavy (non-hydrogen) atoms. The number of aliphatic imine (C=N–C) groups is 1. The van der Waals surface area contributed by atoms with Gasteiger partial charge in [0.05, 0.1) is 5.56 Å². The van der Waals surface area contributed by atoms with Gasteiger partial charge in [-0.1, -0.05) is 36.4 Å². The zero-order chi connectivity index (χ0) is 21.4. The number of anilines is 1. The number of hydrogen-bond acceptors (Lipinski definition) is 3. The molecular formula is C22H20F3N3O2. The number of nitrogens with zero attached hydrogens (tertiary/aromatic N) is 2. The van der Waals surface area contributed by atoms with Gasteiger partial charge in [0.1, 0.15) is 17.9 Å². The van der Waals surface area contributed by atoms with Crippen LogP contribution in [0, 0.1) is 0 Å². The quantitative estimate of drug-likeness (QED) is 0.812. The Morgan fingerprint density at radius 1 is 1.07 bits per heavy atom. The van der Waals surface area contributed by atoms with Crippen LogP contribution in [-0.4, -0.2) is 34.6 Å². The van der Waals surface area contributed by atoms with Gasteiger partial charge in [0.2, 0.25) is 5.91 Å². The van der Waals surface area contributed by atoms with Crippen molar-refractivity contribution in [2.45, 2.75) is 37.5 Å². The number of carbonyl (C=O) groups is 2. The number of hydrogen-bond donors (Lipinski definition) is 1. The van der Waals surface area contributed by atoms with Gasteiger partial charge in [-0.3, -0.25) is 14.6 Å². The molecule has 4 rings (SSSR count). The summed E-state index contributed by atoms with van der Waals surface area (Å²) in [6.45, 7) is -0.269. The average Bonchev–Trinajstić information content (AvgIpc) is 3.29. The summed E-state index contributed by atoms with van der Waals surface area (Å²) in [7, 11) is 0. The van der Waals surface area contributed by atoms with Gasteiger partial charge in [-0.2, -0.15) is 13.2 Å². The molecule has 1 heterocycles. The fourth-order valence-corrected chi connectivity index (χ4v) is 4.08. The van der Waals surface area contributed by atoms with Crippen LogP contribution in [0.4, 0.5) is 18.9 Å². The van der Waals surface area contributed by atoms with Gasteiger partial charge < -0.3 is 10.2 Å². The number of alkyl halides is 3. The standard InChI is InChI=1S/C22H20F3N3O2/c23-22(24,25)16-9-6-10-17(13-16)26-18(29)14-28-20(30)19(15-7-2-1-3-8-15)27-21(28)11-4-5-12-21/h1-3,6-10,13H,4-5,11-12,14H2,(H,26,29). The zero-order valence-electron chi connectivity index (χ0n) is 16.1. The van der Waals surface area contributed by atoms with Crippen LogP contribution in [-0.2, 0) is 15.8 Å². The van der Waals surface area contributed by atoms with Crippen molar-refractivity contribution in [3.8, 4) is 0 Å². The van der Waals surface area contributed by atoms with Crippen molar-refractivity contribution in [2.24, 2.45) is 4.99 Å². The van der Waals surface area contributed by atoms with Crippen LogP contribution in [0.25, 0.3) is 0 Å². The first-order valence-electron chi connectivity index (χ1n) is 9.73. The largest absolute Gasteiger partial charge is 0.416 e. The molecule has 1 N–H and O–H groups in total. The van der Waals surface area contributed by atoms with Crippen molar-refractivity contribution in [1.29, 1.82) is 0 Å². The summed E-state index contributed by atoms with van der Waals surface area (Å²) in [6.07, 6.45) is -1.40. The van der Waals surface area contributed by atoms with Gasteiger partial charge in [-0.05, 0) is 43.9 Å². The van der Waals surface area contributed by atoms with Crippen LogP contribution < -0.4 is 5.32 Å². The number of nitrogens with one attached hydrogen (secondary N) is 1. The first-order chi connectivity index (χ1) is 14.3. The Morgan fingerprint density at radius 2 is 1.77 bits per heavy atom. The molecule has 1 aliphatic heterocycles. The van der Waals surface area contributed by atoms with E-state index in [9.17, 15) is 22.8 Å². The van der Waals surface area contributed by atoms with E-state index in [-0.39, 0.29) is 18.1 Å². The van der Waals surface area contributed by atoms with E-state index in [0.717, 1.165) is 25.0 Å². The fourth-order valence-electron chi connectivity index (χ4n) is 4.08. The first kappa shape index (κ1) is 20.1. The monoisotopic (exact) mass is 415 g/mol. The van der Waals surface area contributed by atoms with Crippen molar-refractivity contribution >= 4 is 23.2 Å². The fraction of sp³-hybridized carbons (Fsp3) is 0.318. The maximum atomic E-state index is 13.1. The van der Waals surface area contributed by atoms with E-state index in [0.29, 0.717) is 24.1 Å². The van der Waals surface area contributed by atoms with Gasteiger partial charge in [-0.15, -0.1) is 0 Å². The summed E-state index contributed by atoms with van der Waals surface area (Å²) in [4.78, 5) is 31.9. The highest BCUT2D eigenvalue weighted by Gasteiger charge is 2.49. The van der Waals surface area contributed by atoms with Crippen LogP contribution in [0.15, 0.2) is 59.6 Å². The SMILES string of the molecule is O=C(CN1C(=O)C(c2ccccc2)=NC12CCCC2)Nc1cccc(C(F)(F)F)c1. The third-order valence-electron chi connectivity index (χ3n) is 5.50. The minimum atomic E-state index is -4.50. The maximum absolute atomic E-state index is 13.1. The van der Waals surface area contributed by atoms with Gasteiger partial charge >= 0.3 is 6.18 Å². The molecule has 2 aromatic rings. The molecule has 1 fully saturated rings. The molecule has 1 saturated carbocycles. The number of carbonyl (C=O) groups excluding carboxylic acids is 2. The van der Waals surface area contributed by atoms with Crippen LogP contribution >= 0.6 is 0 Å². The van der Waals surface area contributed by atoms with Crippen molar-refractivity contribution in [3.63, 3.8) is 0 Å². The van der Waals surface area contributed by atoms with E-state index >= 15 is 0 Å². The third-order valence-corrected chi connectivity index (χ3v) is 5.50. The first-order valence-corrected chi connectivity index (χ1v) is 9.73. The van der Waals surface area contributed by atoms with Gasteiger partial charge in [0.25, 0.3) is 5.91 Å². The molecule has 2 aliphatic rings. The molecule has 0 saturated heterocycles. The Balaban J connectivity index is 1.54. The predicted octanol–water partition coefficient (Wildman–Crippen LogP) is 4.25. The molecule has 2 aromatic carbocycles. The molecule has 0 unspecified atom stereocenters. The van der Waals surface area contributed by atoms with E-state index in [1.165, 1.54) is 17.0 Å². The smallest absolute Gasteiger partial charge is 0.325 e. The number of halogens is 3. The lowest BCUT2D eigenvalue weighted by molar-refractivity contribution is -0.137. The molecule has 5 nitrogen and oxygen atoms in total. The van der Waals surface area contributed by atoms with E-state index in [1.54, 1.807) is 12.1 Å². The summed E-state index contributed by atoms with van der Waals surface area (Å²) in [5.74, 6) is -0.888. The van der Waals surface area contributed by atoms with Gasteiger partial charge in [0, 0.05) is 11.3 Å². The van der Waals surface area contributed by atoms with E-state index < -0.39 is 23.3 Å². The van der Waals surface area contributed by atoms with Crippen molar-refractivity contribution < 1.29 is 22.8 Å². The van der Waals surface area contributed by atoms with E-state index in [2.05, 4.69) is 5.32 Å². The summed E-state index contributed by atoms with van der Waals surface area (Å²) >= 11 is 0. The Morgan fingerprint density at radius 3 is 2.43 bits per heavy atom. The molecule has 0 radical (unpaired) electrons. The van der Waals surface area contributed by atoms with Crippen LogP contribution in [0.5, 0.6) is 0 Å². The average molecular weight is 415 g/mol. The molecular weight excluding hydrogens is 395 g/mol. The van der Waals surface area contributed by atoms with E-state index in [1.807, 2.05) is 18.2 Å². The number of amides is 2. The molecule has 0 atom stereocenters. The lowest BCUT2D eigenvalue weighted by atomic mass is 10.1. The molecule has 1 spiro atoms. The maximum Gasteiger partial charge on any atom is 0.416 e. The topological polar surface area (TPSA) is 61.8 Å². The van der Waals surface area contributed by atoms with Gasteiger partial charge in [0.15, 0.2) is 0 Å². The van der Waals surface area contributed by atoms with E-state index in [4.69, 9.17) is 4.99 Å². The molecule has 8 heteroatoms. The van der Waals surface area contributed by atoms with Crippen molar-refractivity contribution in [3.05, 3.63) is 65.7 Å². The minimum absolute atomic E-state index is 0.0335. The molecule has 2 amide bonds. The second-order valence-corrected chi connectivity index (χ2v) is 7.53. The summed E-state index contributed by atoms with van der Waals surface area (Å²) in [5, 5.41) is 2.48. The second kappa shape index (κ2) is 7.59. The molecule has 1 aliphatic carbocycles. The van der Waals surface area contributed by atoms with Crippen LogP contribution in [0.3, 0.4) is 0 Å². The van der Waals surface area contributed by atoms with Crippen molar-refractivity contribution in [1.82, 2.24) is 4.90 Å². The normalized spacial score (nSPS) is 18.0. The molecule has 156 valence electrons. The Bertz CT molecular complexity index is 996. The lowest BCUT2D eigenvalue weighted by Crippen LogP contribution is -2.48. The lowest BCUT2D eigenvalue weighted by Gasteiger charge is -2.32. The molecule has 0 bridgehead atoms. The third kappa shape index (κ3) is 3.81. The number of benzene rings is 2. The Labute approximate surface area is 171 Å². The highest BCUT2D eigenvalue weighted by Crippen LogP contribution is 2.41. The Hall–Kier alpha value is -3.16. The molecule has 0 aromatic heterocycles. The highest BCUT2D eigenvalue weighted by molar-refractivity contribution is 6.47. The minimum Gasteiger partial charge on any atom is -0.325 e. The highest BCUT2D eigenvalue weighted by atomic mass is 19.4. The predicted molar refractivity (Wildman–Crippen MR) is 106 cm³/mol. The summed E-state index contributed by atoms with van der Waals surface area (Å²) < 4.78 is 38.7. The number of rotatable bonds is 4. The second-order valence-electron chi connectivity index (χ2n) is 7.53. The Kier molecular flexibility index (Phi) is 5.09. The van der Waals surface area contributed by atoms with Crippen LogP contribution in [0.2, 0.25) is 0 Å². The van der Waals surface area contributed by atoms with Crippen LogP contribution in [0.1, 0.15) is 36.8 Å². The summed E-state index contributed by atoms with van der Waals surface area (Å²) in [5.41, 5.74) is -0.558. The zero-order valence-corrected chi connectivity index (χ0v) is 16.1.